The maximum Gasteiger partial charge on any atom is 0.0558 e. The van der Waals surface area contributed by atoms with Gasteiger partial charge in [0.05, 0.1) is 6.61 Å². The number of rotatable bonds is 6. The lowest BCUT2D eigenvalue weighted by Gasteiger charge is -2.13. The Morgan fingerprint density at radius 2 is 2.10 bits per heavy atom. The SMILES string of the molecule is COCCCN(C)CCO. The minimum absolute atomic E-state index is 0.240. The van der Waals surface area contributed by atoms with Gasteiger partial charge >= 0.3 is 0 Å². The molecule has 0 atom stereocenters. The van der Waals surface area contributed by atoms with Gasteiger partial charge in [-0.15, -0.1) is 0 Å². The Labute approximate surface area is 62.6 Å². The second-order valence-electron chi connectivity index (χ2n) is 2.37. The minimum atomic E-state index is 0.240. The molecule has 0 amide bonds. The lowest BCUT2D eigenvalue weighted by Crippen LogP contribution is -2.23. The Bertz CT molecular complexity index is 68.6. The molecule has 0 bridgehead atoms. The van der Waals surface area contributed by atoms with Gasteiger partial charge in [0, 0.05) is 26.8 Å². The van der Waals surface area contributed by atoms with Gasteiger partial charge in [-0.25, -0.2) is 0 Å². The summed E-state index contributed by atoms with van der Waals surface area (Å²) in [6.07, 6.45) is 1.03. The fourth-order valence-corrected chi connectivity index (χ4v) is 0.761. The van der Waals surface area contributed by atoms with E-state index >= 15 is 0 Å². The van der Waals surface area contributed by atoms with Crippen LogP contribution >= 0.6 is 0 Å². The van der Waals surface area contributed by atoms with Crippen LogP contribution in [0.1, 0.15) is 6.42 Å². The smallest absolute Gasteiger partial charge is 0.0558 e. The van der Waals surface area contributed by atoms with E-state index in [1.54, 1.807) is 7.11 Å². The van der Waals surface area contributed by atoms with Gasteiger partial charge in [-0.05, 0) is 13.5 Å². The van der Waals surface area contributed by atoms with Crippen LogP contribution in [-0.4, -0.2) is 50.5 Å². The summed E-state index contributed by atoms with van der Waals surface area (Å²) in [7, 11) is 3.69. The van der Waals surface area contributed by atoms with E-state index < -0.39 is 0 Å². The van der Waals surface area contributed by atoms with Crippen LogP contribution < -0.4 is 0 Å². The first-order chi connectivity index (χ1) is 4.81. The quantitative estimate of drug-likeness (QED) is 0.534. The summed E-state index contributed by atoms with van der Waals surface area (Å²) < 4.78 is 4.88. The highest BCUT2D eigenvalue weighted by Gasteiger charge is 1.94. The normalized spacial score (nSPS) is 10.8. The Hall–Kier alpha value is -0.120. The number of likely N-dealkylation sites (N-methyl/N-ethyl adjacent to an activating group) is 1. The molecule has 10 heavy (non-hydrogen) atoms. The zero-order valence-electron chi connectivity index (χ0n) is 6.84. The molecule has 0 spiro atoms. The van der Waals surface area contributed by atoms with Crippen LogP contribution in [0.2, 0.25) is 0 Å². The van der Waals surface area contributed by atoms with Crippen LogP contribution in [0.3, 0.4) is 0 Å². The fourth-order valence-electron chi connectivity index (χ4n) is 0.761. The molecule has 0 aromatic rings. The van der Waals surface area contributed by atoms with Gasteiger partial charge < -0.3 is 14.7 Å². The zero-order valence-corrected chi connectivity index (χ0v) is 6.84. The molecule has 0 aromatic carbocycles. The van der Waals surface area contributed by atoms with E-state index in [4.69, 9.17) is 9.84 Å². The number of hydrogen-bond donors (Lipinski definition) is 1. The molecule has 3 nitrogen and oxygen atoms in total. The molecule has 0 radical (unpaired) electrons. The van der Waals surface area contributed by atoms with E-state index in [-0.39, 0.29) is 6.61 Å². The predicted molar refractivity (Wildman–Crippen MR) is 41.1 cm³/mol. The lowest BCUT2D eigenvalue weighted by atomic mass is 10.4. The Morgan fingerprint density at radius 3 is 2.60 bits per heavy atom. The molecule has 0 saturated carbocycles. The molecule has 0 aliphatic heterocycles. The van der Waals surface area contributed by atoms with Crippen LogP contribution in [0, 0.1) is 0 Å². The molecule has 0 aliphatic rings. The topological polar surface area (TPSA) is 32.7 Å². The van der Waals surface area contributed by atoms with Gasteiger partial charge in [0.1, 0.15) is 0 Å². The third-order valence-electron chi connectivity index (χ3n) is 1.37. The second-order valence-corrected chi connectivity index (χ2v) is 2.37. The summed E-state index contributed by atoms with van der Waals surface area (Å²) in [4.78, 5) is 2.08. The molecular formula is C7H17NO2. The first-order valence-electron chi connectivity index (χ1n) is 3.59. The van der Waals surface area contributed by atoms with E-state index in [1.165, 1.54) is 0 Å². The Morgan fingerprint density at radius 1 is 1.40 bits per heavy atom. The number of hydrogen-bond acceptors (Lipinski definition) is 3. The first-order valence-corrected chi connectivity index (χ1v) is 3.59. The average molecular weight is 147 g/mol. The van der Waals surface area contributed by atoms with Crippen molar-refractivity contribution in [3.05, 3.63) is 0 Å². The van der Waals surface area contributed by atoms with Crippen molar-refractivity contribution in [2.45, 2.75) is 6.42 Å². The molecule has 0 aliphatic carbocycles. The predicted octanol–water partition coefficient (Wildman–Crippen LogP) is -0.0530. The van der Waals surface area contributed by atoms with Crippen molar-refractivity contribution in [3.63, 3.8) is 0 Å². The second kappa shape index (κ2) is 6.99. The number of aliphatic hydroxyl groups is 1. The van der Waals surface area contributed by atoms with Crippen LogP contribution in [0.5, 0.6) is 0 Å². The molecule has 1 N–H and O–H groups in total. The molecule has 62 valence electrons. The van der Waals surface area contributed by atoms with Crippen molar-refractivity contribution in [1.29, 1.82) is 0 Å². The molecule has 0 saturated heterocycles. The minimum Gasteiger partial charge on any atom is -0.395 e. The van der Waals surface area contributed by atoms with Crippen LogP contribution in [0.15, 0.2) is 0 Å². The van der Waals surface area contributed by atoms with Crippen molar-refractivity contribution in [2.75, 3.05) is 40.5 Å². The number of methoxy groups -OCH3 is 1. The highest BCUT2D eigenvalue weighted by atomic mass is 16.5. The number of ether oxygens (including phenoxy) is 1. The lowest BCUT2D eigenvalue weighted by molar-refractivity contribution is 0.168. The summed E-state index contributed by atoms with van der Waals surface area (Å²) in [5.41, 5.74) is 0. The van der Waals surface area contributed by atoms with Crippen molar-refractivity contribution >= 4 is 0 Å². The van der Waals surface area contributed by atoms with Gasteiger partial charge in [0.15, 0.2) is 0 Å². The van der Waals surface area contributed by atoms with Crippen LogP contribution in [0.4, 0.5) is 0 Å². The van der Waals surface area contributed by atoms with E-state index in [9.17, 15) is 0 Å². The summed E-state index contributed by atoms with van der Waals surface area (Å²) in [6.45, 7) is 2.79. The highest BCUT2D eigenvalue weighted by molar-refractivity contribution is 4.48. The molecule has 0 fully saturated rings. The average Bonchev–Trinajstić information content (AvgIpc) is 1.89. The molecule has 0 heterocycles. The van der Waals surface area contributed by atoms with Crippen molar-refractivity contribution in [2.24, 2.45) is 0 Å². The highest BCUT2D eigenvalue weighted by Crippen LogP contribution is 1.86. The van der Waals surface area contributed by atoms with E-state index in [0.717, 1.165) is 26.1 Å². The number of nitrogens with zero attached hydrogens (tertiary/aromatic N) is 1. The third-order valence-corrected chi connectivity index (χ3v) is 1.37. The van der Waals surface area contributed by atoms with Crippen LogP contribution in [0.25, 0.3) is 0 Å². The fraction of sp³-hybridized carbons (Fsp3) is 1.00. The summed E-state index contributed by atoms with van der Waals surface area (Å²) >= 11 is 0. The summed E-state index contributed by atoms with van der Waals surface area (Å²) in [5.74, 6) is 0. The van der Waals surface area contributed by atoms with Gasteiger partial charge in [0.25, 0.3) is 0 Å². The summed E-state index contributed by atoms with van der Waals surface area (Å²) in [6, 6.07) is 0. The van der Waals surface area contributed by atoms with Crippen molar-refractivity contribution in [1.82, 2.24) is 4.90 Å². The van der Waals surface area contributed by atoms with E-state index in [0.29, 0.717) is 0 Å². The summed E-state index contributed by atoms with van der Waals surface area (Å²) in [5, 5.41) is 8.52. The van der Waals surface area contributed by atoms with Gasteiger partial charge in [-0.2, -0.15) is 0 Å². The number of aliphatic hydroxyl groups excluding tert-OH is 1. The maximum atomic E-state index is 8.52. The molecular weight excluding hydrogens is 130 g/mol. The standard InChI is InChI=1S/C7H17NO2/c1-8(5-6-9)4-3-7-10-2/h9H,3-7H2,1-2H3. The van der Waals surface area contributed by atoms with Crippen molar-refractivity contribution < 1.29 is 9.84 Å². The molecule has 0 unspecified atom stereocenters. The molecule has 0 rings (SSSR count). The largest absolute Gasteiger partial charge is 0.395 e. The van der Waals surface area contributed by atoms with E-state index in [2.05, 4.69) is 4.90 Å². The van der Waals surface area contributed by atoms with Gasteiger partial charge in [-0.1, -0.05) is 0 Å². The van der Waals surface area contributed by atoms with E-state index in [1.807, 2.05) is 7.05 Å². The monoisotopic (exact) mass is 147 g/mol. The maximum absolute atomic E-state index is 8.52. The first kappa shape index (κ1) is 9.88. The molecule has 3 heteroatoms. The third kappa shape index (κ3) is 6.01. The Kier molecular flexibility index (Phi) is 6.91. The van der Waals surface area contributed by atoms with Crippen LogP contribution in [-0.2, 0) is 4.74 Å². The van der Waals surface area contributed by atoms with Gasteiger partial charge in [-0.3, -0.25) is 0 Å². The van der Waals surface area contributed by atoms with Crippen molar-refractivity contribution in [3.8, 4) is 0 Å². The Balaban J connectivity index is 2.97. The van der Waals surface area contributed by atoms with Gasteiger partial charge in [0.2, 0.25) is 0 Å². The zero-order chi connectivity index (χ0) is 7.82. The molecule has 0 aromatic heterocycles.